The zero-order valence-electron chi connectivity index (χ0n) is 18.9. The van der Waals surface area contributed by atoms with Gasteiger partial charge >= 0.3 is 0 Å². The second-order valence-corrected chi connectivity index (χ2v) is 9.83. The quantitative estimate of drug-likeness (QED) is 0.409. The maximum atomic E-state index is 13.7. The number of fused-ring (bicyclic) bond motifs is 3. The van der Waals surface area contributed by atoms with E-state index in [1.165, 1.54) is 33.6 Å². The molecule has 4 aromatic rings. The van der Waals surface area contributed by atoms with E-state index in [0.717, 1.165) is 34.5 Å². The Balaban J connectivity index is 1.54. The van der Waals surface area contributed by atoms with Gasteiger partial charge in [-0.1, -0.05) is 108 Å². The minimum absolute atomic E-state index is 0.0254. The number of nitrogens with zero attached hydrogens (tertiary/aromatic N) is 2. The molecule has 0 bridgehead atoms. The molecule has 0 spiro atoms. The van der Waals surface area contributed by atoms with Crippen molar-refractivity contribution in [3.8, 4) is 0 Å². The summed E-state index contributed by atoms with van der Waals surface area (Å²) >= 11 is 1.47. The first-order valence-corrected chi connectivity index (χ1v) is 12.4. The molecular weight excluding hydrogens is 436 g/mol. The molecule has 0 fully saturated rings. The predicted molar refractivity (Wildman–Crippen MR) is 140 cm³/mol. The van der Waals surface area contributed by atoms with Crippen LogP contribution in [0.15, 0.2) is 100 Å². The third-order valence-electron chi connectivity index (χ3n) is 6.60. The summed E-state index contributed by atoms with van der Waals surface area (Å²) in [6.45, 7) is 2.09. The minimum Gasteiger partial charge on any atom is -0.272 e. The molecule has 0 saturated heterocycles. The third kappa shape index (κ3) is 3.61. The number of allylic oxidation sites excluding steroid dienone is 2. The van der Waals surface area contributed by atoms with Crippen LogP contribution in [0.2, 0.25) is 0 Å². The van der Waals surface area contributed by atoms with Crippen LogP contribution in [-0.2, 0) is 6.42 Å². The lowest BCUT2D eigenvalue weighted by molar-refractivity contribution is 0.585. The molecule has 3 aromatic carbocycles. The summed E-state index contributed by atoms with van der Waals surface area (Å²) in [5.41, 5.74) is 8.29. The summed E-state index contributed by atoms with van der Waals surface area (Å²) in [7, 11) is 0. The first kappa shape index (κ1) is 20.8. The van der Waals surface area contributed by atoms with Crippen molar-refractivity contribution in [2.75, 3.05) is 0 Å². The molecule has 0 saturated carbocycles. The zero-order valence-corrected chi connectivity index (χ0v) is 19.8. The standard InChI is InChI=1S/C30H24N2OS/c1-20-14-16-23(17-15-20)28-25-19-18-22-11-5-6-12-24(22)27(25)31-30-32(28)29(33)26(34-30)13-7-10-21-8-3-2-4-9-21/h2-17,28H,18-19H2,1H3/b10-7+,26-13-. The van der Waals surface area contributed by atoms with E-state index < -0.39 is 0 Å². The smallest absolute Gasteiger partial charge is 0.271 e. The van der Waals surface area contributed by atoms with Crippen LogP contribution in [0.5, 0.6) is 0 Å². The summed E-state index contributed by atoms with van der Waals surface area (Å²) in [6, 6.07) is 27.1. The van der Waals surface area contributed by atoms with Gasteiger partial charge in [-0.2, -0.15) is 0 Å². The van der Waals surface area contributed by atoms with Crippen molar-refractivity contribution in [3.63, 3.8) is 0 Å². The topological polar surface area (TPSA) is 34.4 Å². The van der Waals surface area contributed by atoms with Gasteiger partial charge in [-0.15, -0.1) is 0 Å². The number of hydrogen-bond acceptors (Lipinski definition) is 3. The van der Waals surface area contributed by atoms with E-state index >= 15 is 0 Å². The highest BCUT2D eigenvalue weighted by Crippen LogP contribution is 2.41. The number of rotatable bonds is 3. The number of aryl methyl sites for hydroxylation is 2. The highest BCUT2D eigenvalue weighted by molar-refractivity contribution is 7.07. The number of thiazole rings is 1. The molecule has 6 rings (SSSR count). The van der Waals surface area contributed by atoms with Crippen molar-refractivity contribution in [1.29, 1.82) is 0 Å². The van der Waals surface area contributed by atoms with Crippen molar-refractivity contribution in [1.82, 2.24) is 4.57 Å². The van der Waals surface area contributed by atoms with Crippen molar-refractivity contribution < 1.29 is 0 Å². The van der Waals surface area contributed by atoms with E-state index in [9.17, 15) is 4.79 Å². The monoisotopic (exact) mass is 460 g/mol. The van der Waals surface area contributed by atoms with E-state index in [2.05, 4.69) is 67.6 Å². The maximum Gasteiger partial charge on any atom is 0.271 e. The Morgan fingerprint density at radius 2 is 1.71 bits per heavy atom. The molecule has 1 aliphatic heterocycles. The Hall–Kier alpha value is -3.76. The van der Waals surface area contributed by atoms with Gasteiger partial charge in [0.25, 0.3) is 5.56 Å². The van der Waals surface area contributed by atoms with Gasteiger partial charge in [0.2, 0.25) is 0 Å². The van der Waals surface area contributed by atoms with Crippen molar-refractivity contribution >= 4 is 29.2 Å². The second kappa shape index (κ2) is 8.54. The number of aromatic nitrogens is 1. The zero-order chi connectivity index (χ0) is 23.1. The van der Waals surface area contributed by atoms with Crippen LogP contribution in [0.4, 0.5) is 0 Å². The lowest BCUT2D eigenvalue weighted by atomic mass is 9.83. The molecule has 2 aliphatic rings. The van der Waals surface area contributed by atoms with Crippen LogP contribution in [0.3, 0.4) is 0 Å². The molecular formula is C30H24N2OS. The Bertz CT molecular complexity index is 1620. The molecule has 1 unspecified atom stereocenters. The SMILES string of the molecule is Cc1ccc(C2C3=C(N=c4s/c(=C\C=C\c5ccccc5)c(=O)n42)c2ccccc2CC3)cc1. The largest absolute Gasteiger partial charge is 0.272 e. The van der Waals surface area contributed by atoms with Gasteiger partial charge in [-0.05, 0) is 48.1 Å². The fourth-order valence-electron chi connectivity index (χ4n) is 4.90. The average Bonchev–Trinajstić information content (AvgIpc) is 3.19. The van der Waals surface area contributed by atoms with Gasteiger partial charge in [-0.25, -0.2) is 4.99 Å². The summed E-state index contributed by atoms with van der Waals surface area (Å²) < 4.78 is 2.61. The molecule has 2 heterocycles. The predicted octanol–water partition coefficient (Wildman–Crippen LogP) is 5.29. The first-order valence-electron chi connectivity index (χ1n) is 11.6. The molecule has 0 N–H and O–H groups in total. The highest BCUT2D eigenvalue weighted by Gasteiger charge is 2.32. The molecule has 1 aliphatic carbocycles. The second-order valence-electron chi connectivity index (χ2n) is 8.82. The number of benzene rings is 3. The number of hydrogen-bond donors (Lipinski definition) is 0. The van der Waals surface area contributed by atoms with E-state index in [0.29, 0.717) is 4.53 Å². The molecule has 1 atom stereocenters. The molecule has 1 aromatic heterocycles. The fourth-order valence-corrected chi connectivity index (χ4v) is 5.85. The van der Waals surface area contributed by atoms with Crippen molar-refractivity contribution in [2.45, 2.75) is 25.8 Å². The van der Waals surface area contributed by atoms with Crippen LogP contribution in [0, 0.1) is 6.92 Å². The molecule has 166 valence electrons. The van der Waals surface area contributed by atoms with E-state index in [-0.39, 0.29) is 11.6 Å². The van der Waals surface area contributed by atoms with E-state index in [4.69, 9.17) is 4.99 Å². The lowest BCUT2D eigenvalue weighted by Crippen LogP contribution is -2.38. The third-order valence-corrected chi connectivity index (χ3v) is 7.60. The Labute approximate surface area is 202 Å². The summed E-state index contributed by atoms with van der Waals surface area (Å²) in [4.78, 5) is 19.5. The van der Waals surface area contributed by atoms with Gasteiger partial charge in [0, 0.05) is 5.56 Å². The Morgan fingerprint density at radius 1 is 0.941 bits per heavy atom. The fraction of sp³-hybridized carbons (Fsp3) is 0.133. The van der Waals surface area contributed by atoms with Crippen LogP contribution < -0.4 is 14.9 Å². The first-order chi connectivity index (χ1) is 16.7. The maximum absolute atomic E-state index is 13.7. The van der Waals surface area contributed by atoms with Gasteiger partial charge in [0.05, 0.1) is 16.3 Å². The molecule has 3 nitrogen and oxygen atoms in total. The average molecular weight is 461 g/mol. The normalized spacial score (nSPS) is 17.3. The van der Waals surface area contributed by atoms with Crippen LogP contribution >= 0.6 is 11.3 Å². The molecule has 4 heteroatoms. The summed E-state index contributed by atoms with van der Waals surface area (Å²) in [5.74, 6) is 0. The van der Waals surface area contributed by atoms with Crippen molar-refractivity contribution in [2.24, 2.45) is 4.99 Å². The molecule has 0 amide bonds. The Morgan fingerprint density at radius 3 is 2.53 bits per heavy atom. The van der Waals surface area contributed by atoms with Gasteiger partial charge in [0.15, 0.2) is 4.80 Å². The van der Waals surface area contributed by atoms with Gasteiger partial charge in [-0.3, -0.25) is 9.36 Å². The van der Waals surface area contributed by atoms with Crippen molar-refractivity contribution in [3.05, 3.63) is 138 Å². The van der Waals surface area contributed by atoms with Crippen LogP contribution in [0.1, 0.15) is 40.3 Å². The molecule has 0 radical (unpaired) electrons. The van der Waals surface area contributed by atoms with Crippen LogP contribution in [-0.4, -0.2) is 4.57 Å². The minimum atomic E-state index is -0.125. The lowest BCUT2D eigenvalue weighted by Gasteiger charge is -2.30. The van der Waals surface area contributed by atoms with Gasteiger partial charge < -0.3 is 0 Å². The van der Waals surface area contributed by atoms with E-state index in [1.54, 1.807) is 0 Å². The molecule has 34 heavy (non-hydrogen) atoms. The van der Waals surface area contributed by atoms with Crippen LogP contribution in [0.25, 0.3) is 17.8 Å². The summed E-state index contributed by atoms with van der Waals surface area (Å²) in [5, 5.41) is 0. The van der Waals surface area contributed by atoms with Gasteiger partial charge in [0.1, 0.15) is 0 Å². The highest BCUT2D eigenvalue weighted by atomic mass is 32.1. The van der Waals surface area contributed by atoms with E-state index in [1.807, 2.05) is 41.0 Å². The summed E-state index contributed by atoms with van der Waals surface area (Å²) in [6.07, 6.45) is 7.78. The Kier molecular flexibility index (Phi) is 5.23.